The van der Waals surface area contributed by atoms with Gasteiger partial charge in [-0.15, -0.1) is 0 Å². The van der Waals surface area contributed by atoms with Crippen LogP contribution in [0.2, 0.25) is 5.02 Å². The first-order valence-electron chi connectivity index (χ1n) is 4.93. The molecular formula is C11H11ClN2O2. The van der Waals surface area contributed by atoms with Gasteiger partial charge in [-0.2, -0.15) is 0 Å². The highest BCUT2D eigenvalue weighted by molar-refractivity contribution is 6.31. The van der Waals surface area contributed by atoms with E-state index < -0.39 is 11.9 Å². The van der Waals surface area contributed by atoms with Crippen LogP contribution in [0.5, 0.6) is 0 Å². The van der Waals surface area contributed by atoms with E-state index in [0.717, 1.165) is 11.0 Å². The molecule has 1 atom stereocenters. The van der Waals surface area contributed by atoms with Gasteiger partial charge >= 0.3 is 5.97 Å². The number of carbonyl (C=O) groups is 1. The highest BCUT2D eigenvalue weighted by atomic mass is 35.5. The molecule has 84 valence electrons. The van der Waals surface area contributed by atoms with Crippen molar-refractivity contribution in [2.24, 2.45) is 5.92 Å². The second-order valence-electron chi connectivity index (χ2n) is 3.79. The molecule has 0 amide bonds. The molecule has 0 aliphatic carbocycles. The number of aliphatic carboxylic acids is 1. The predicted octanol–water partition coefficient (Wildman–Crippen LogP) is 2.48. The molecule has 5 heteroatoms. The van der Waals surface area contributed by atoms with Crippen molar-refractivity contribution in [2.75, 3.05) is 0 Å². The predicted molar refractivity (Wildman–Crippen MR) is 61.6 cm³/mol. The molecule has 0 bridgehead atoms. The molecule has 4 nitrogen and oxygen atoms in total. The number of carboxylic acid groups (broad SMARTS) is 1. The Morgan fingerprint density at radius 2 is 2.38 bits per heavy atom. The van der Waals surface area contributed by atoms with Crippen LogP contribution in [0, 0.1) is 5.92 Å². The zero-order chi connectivity index (χ0) is 11.7. The summed E-state index contributed by atoms with van der Waals surface area (Å²) in [5.41, 5.74) is 1.64. The summed E-state index contributed by atoms with van der Waals surface area (Å²) in [4.78, 5) is 18.1. The van der Waals surface area contributed by atoms with Crippen molar-refractivity contribution in [1.29, 1.82) is 0 Å². The molecule has 0 spiro atoms. The SMILES string of the molecule is CC(Cc1nc2ccc(Cl)cc2[nH]1)C(=O)O. The lowest BCUT2D eigenvalue weighted by atomic mass is 10.1. The lowest BCUT2D eigenvalue weighted by molar-refractivity contribution is -0.141. The number of nitrogens with zero attached hydrogens (tertiary/aromatic N) is 1. The number of aromatic amines is 1. The van der Waals surface area contributed by atoms with Crippen molar-refractivity contribution >= 4 is 28.6 Å². The number of carboxylic acids is 1. The molecular weight excluding hydrogens is 228 g/mol. The minimum Gasteiger partial charge on any atom is -0.481 e. The summed E-state index contributed by atoms with van der Waals surface area (Å²) in [5, 5.41) is 9.43. The summed E-state index contributed by atoms with van der Waals surface area (Å²) >= 11 is 5.84. The summed E-state index contributed by atoms with van der Waals surface area (Å²) in [7, 11) is 0. The molecule has 1 heterocycles. The highest BCUT2D eigenvalue weighted by Crippen LogP contribution is 2.18. The molecule has 16 heavy (non-hydrogen) atoms. The first-order valence-corrected chi connectivity index (χ1v) is 5.31. The van der Waals surface area contributed by atoms with E-state index in [9.17, 15) is 4.79 Å². The standard InChI is InChI=1S/C11H11ClN2O2/c1-6(11(15)16)4-10-13-8-3-2-7(12)5-9(8)14-10/h2-3,5-6H,4H2,1H3,(H,13,14)(H,15,16). The fraction of sp³-hybridized carbons (Fsp3) is 0.273. The Hall–Kier alpha value is -1.55. The number of H-pyrrole nitrogens is 1. The van der Waals surface area contributed by atoms with Gasteiger partial charge < -0.3 is 10.1 Å². The van der Waals surface area contributed by atoms with Gasteiger partial charge in [0.2, 0.25) is 0 Å². The quantitative estimate of drug-likeness (QED) is 0.863. The topological polar surface area (TPSA) is 66.0 Å². The largest absolute Gasteiger partial charge is 0.481 e. The number of halogens is 1. The summed E-state index contributed by atoms with van der Waals surface area (Å²) in [6.07, 6.45) is 0.391. The molecule has 0 aliphatic rings. The zero-order valence-corrected chi connectivity index (χ0v) is 9.45. The number of nitrogens with one attached hydrogen (secondary N) is 1. The number of aromatic nitrogens is 2. The van der Waals surface area contributed by atoms with Crippen LogP contribution in [-0.4, -0.2) is 21.0 Å². The van der Waals surface area contributed by atoms with E-state index in [2.05, 4.69) is 9.97 Å². The van der Waals surface area contributed by atoms with Crippen molar-refractivity contribution in [3.05, 3.63) is 29.0 Å². The summed E-state index contributed by atoms with van der Waals surface area (Å²) in [5.74, 6) is -0.596. The molecule has 0 fully saturated rings. The molecule has 2 rings (SSSR count). The van der Waals surface area contributed by atoms with Crippen molar-refractivity contribution < 1.29 is 9.90 Å². The molecule has 2 aromatic rings. The molecule has 0 saturated heterocycles. The van der Waals surface area contributed by atoms with Gasteiger partial charge in [0.15, 0.2) is 0 Å². The van der Waals surface area contributed by atoms with Gasteiger partial charge in [-0.25, -0.2) is 4.98 Å². The maximum Gasteiger partial charge on any atom is 0.306 e. The number of rotatable bonds is 3. The third-order valence-corrected chi connectivity index (χ3v) is 2.65. The number of imidazole rings is 1. The minimum atomic E-state index is -0.821. The Balaban J connectivity index is 2.29. The fourth-order valence-corrected chi connectivity index (χ4v) is 1.68. The first-order chi connectivity index (χ1) is 7.56. The van der Waals surface area contributed by atoms with E-state index in [0.29, 0.717) is 17.3 Å². The Morgan fingerprint density at radius 3 is 3.06 bits per heavy atom. The van der Waals surface area contributed by atoms with Crippen molar-refractivity contribution in [3.63, 3.8) is 0 Å². The van der Waals surface area contributed by atoms with E-state index in [1.54, 1.807) is 19.1 Å². The smallest absolute Gasteiger partial charge is 0.306 e. The molecule has 1 unspecified atom stereocenters. The van der Waals surface area contributed by atoms with Gasteiger partial charge in [0.1, 0.15) is 5.82 Å². The van der Waals surface area contributed by atoms with E-state index in [1.807, 2.05) is 6.07 Å². The van der Waals surface area contributed by atoms with Gasteiger partial charge in [0, 0.05) is 11.4 Å². The fourth-order valence-electron chi connectivity index (χ4n) is 1.51. The van der Waals surface area contributed by atoms with E-state index >= 15 is 0 Å². The molecule has 0 radical (unpaired) electrons. The van der Waals surface area contributed by atoms with Gasteiger partial charge in [-0.05, 0) is 18.2 Å². The summed E-state index contributed by atoms with van der Waals surface area (Å²) < 4.78 is 0. The molecule has 2 N–H and O–H groups in total. The maximum atomic E-state index is 10.7. The molecule has 0 saturated carbocycles. The normalized spacial score (nSPS) is 12.9. The van der Waals surface area contributed by atoms with Gasteiger partial charge in [-0.3, -0.25) is 4.79 Å². The molecule has 1 aromatic carbocycles. The lowest BCUT2D eigenvalue weighted by Crippen LogP contribution is -2.12. The average molecular weight is 239 g/mol. The van der Waals surface area contributed by atoms with Crippen molar-refractivity contribution in [2.45, 2.75) is 13.3 Å². The monoisotopic (exact) mass is 238 g/mol. The van der Waals surface area contributed by atoms with E-state index in [-0.39, 0.29) is 0 Å². The van der Waals surface area contributed by atoms with Crippen LogP contribution < -0.4 is 0 Å². The lowest BCUT2D eigenvalue weighted by Gasteiger charge is -2.01. The third kappa shape index (κ3) is 2.17. The van der Waals surface area contributed by atoms with Crippen LogP contribution in [0.3, 0.4) is 0 Å². The second kappa shape index (κ2) is 4.14. The number of hydrogen-bond donors (Lipinski definition) is 2. The average Bonchev–Trinajstić information content (AvgIpc) is 2.58. The van der Waals surface area contributed by atoms with Gasteiger partial charge in [0.05, 0.1) is 17.0 Å². The van der Waals surface area contributed by atoms with Crippen LogP contribution in [-0.2, 0) is 11.2 Å². The Kier molecular flexibility index (Phi) is 2.83. The second-order valence-corrected chi connectivity index (χ2v) is 4.22. The van der Waals surface area contributed by atoms with Crippen LogP contribution >= 0.6 is 11.6 Å². The summed E-state index contributed by atoms with van der Waals surface area (Å²) in [6, 6.07) is 5.34. The Labute approximate surface area is 97.3 Å². The Bertz CT molecular complexity index is 536. The number of fused-ring (bicyclic) bond motifs is 1. The first kappa shape index (κ1) is 11.0. The Morgan fingerprint density at radius 1 is 1.62 bits per heavy atom. The number of hydrogen-bond acceptors (Lipinski definition) is 2. The van der Waals surface area contributed by atoms with Crippen LogP contribution in [0.4, 0.5) is 0 Å². The zero-order valence-electron chi connectivity index (χ0n) is 8.70. The van der Waals surface area contributed by atoms with Gasteiger partial charge in [0.25, 0.3) is 0 Å². The van der Waals surface area contributed by atoms with Crippen LogP contribution in [0.25, 0.3) is 11.0 Å². The van der Waals surface area contributed by atoms with Crippen LogP contribution in [0.1, 0.15) is 12.7 Å². The number of benzene rings is 1. The third-order valence-electron chi connectivity index (χ3n) is 2.41. The van der Waals surface area contributed by atoms with Crippen molar-refractivity contribution in [3.8, 4) is 0 Å². The van der Waals surface area contributed by atoms with Crippen molar-refractivity contribution in [1.82, 2.24) is 9.97 Å². The summed E-state index contributed by atoms with van der Waals surface area (Å²) in [6.45, 7) is 1.66. The molecule has 0 aliphatic heterocycles. The van der Waals surface area contributed by atoms with Gasteiger partial charge in [-0.1, -0.05) is 18.5 Å². The maximum absolute atomic E-state index is 10.7. The minimum absolute atomic E-state index is 0.391. The van der Waals surface area contributed by atoms with E-state index in [1.165, 1.54) is 0 Å². The van der Waals surface area contributed by atoms with E-state index in [4.69, 9.17) is 16.7 Å². The van der Waals surface area contributed by atoms with Crippen LogP contribution in [0.15, 0.2) is 18.2 Å². The highest BCUT2D eigenvalue weighted by Gasteiger charge is 2.14. The molecule has 1 aromatic heterocycles.